The summed E-state index contributed by atoms with van der Waals surface area (Å²) >= 11 is 0. The molecule has 0 saturated carbocycles. The van der Waals surface area contributed by atoms with Gasteiger partial charge in [0.25, 0.3) is 0 Å². The Morgan fingerprint density at radius 3 is 2.25 bits per heavy atom. The summed E-state index contributed by atoms with van der Waals surface area (Å²) in [5, 5.41) is 8.48. The smallest absolute Gasteiger partial charge is 0.333 e. The van der Waals surface area contributed by atoms with Gasteiger partial charge in [0.05, 0.1) is 21.1 Å². The Bertz CT molecular complexity index is 291. The zero-order chi connectivity index (χ0) is 12.9. The maximum absolute atomic E-state index is 11.3. The van der Waals surface area contributed by atoms with Gasteiger partial charge in [-0.2, -0.15) is 0 Å². The quantitative estimate of drug-likeness (QED) is 0.442. The topological polar surface area (TPSA) is 63.6 Å². The third kappa shape index (κ3) is 5.70. The zero-order valence-corrected chi connectivity index (χ0v) is 11.4. The summed E-state index contributed by atoms with van der Waals surface area (Å²) in [5.74, 6) is -1.67. The molecule has 0 heterocycles. The number of hydrogen-bond acceptors (Lipinski definition) is 3. The molecule has 0 amide bonds. The van der Waals surface area contributed by atoms with Crippen molar-refractivity contribution in [2.45, 2.75) is 38.5 Å². The minimum Gasteiger partial charge on any atom is -0.481 e. The molecule has 0 spiro atoms. The van der Waals surface area contributed by atoms with Crippen molar-refractivity contribution in [2.75, 3.05) is 6.61 Å². The highest BCUT2D eigenvalue weighted by Crippen LogP contribution is 2.21. The highest BCUT2D eigenvalue weighted by Gasteiger charge is 2.24. The van der Waals surface area contributed by atoms with Crippen LogP contribution in [0.3, 0.4) is 0 Å². The van der Waals surface area contributed by atoms with Crippen LogP contribution in [-0.4, -0.2) is 31.7 Å². The third-order valence-corrected chi connectivity index (χ3v) is 5.72. The maximum atomic E-state index is 11.3. The summed E-state index contributed by atoms with van der Waals surface area (Å²) in [4.78, 5) is 21.7. The SMILES string of the molecule is C=C(CC(=O)O)C(=O)OCC(C)[Si](C)(C)C. The van der Waals surface area contributed by atoms with Crippen molar-refractivity contribution in [3.63, 3.8) is 0 Å². The maximum Gasteiger partial charge on any atom is 0.333 e. The van der Waals surface area contributed by atoms with E-state index in [4.69, 9.17) is 9.84 Å². The molecule has 92 valence electrons. The number of aliphatic carboxylic acids is 1. The normalized spacial score (nSPS) is 13.0. The average Bonchev–Trinajstić information content (AvgIpc) is 2.10. The van der Waals surface area contributed by atoms with Gasteiger partial charge in [0, 0.05) is 5.57 Å². The fraction of sp³-hybridized carbons (Fsp3) is 0.636. The van der Waals surface area contributed by atoms with Gasteiger partial charge in [0.2, 0.25) is 0 Å². The Hall–Kier alpha value is -1.10. The summed E-state index contributed by atoms with van der Waals surface area (Å²) in [5.41, 5.74) is 0.337. The van der Waals surface area contributed by atoms with Gasteiger partial charge in [0.1, 0.15) is 0 Å². The largest absolute Gasteiger partial charge is 0.481 e. The Labute approximate surface area is 97.3 Å². The van der Waals surface area contributed by atoms with E-state index in [1.165, 1.54) is 0 Å². The van der Waals surface area contributed by atoms with Crippen LogP contribution < -0.4 is 0 Å². The minimum absolute atomic E-state index is 0.00437. The van der Waals surface area contributed by atoms with Crippen LogP contribution in [0.4, 0.5) is 0 Å². The first-order chi connectivity index (χ1) is 7.14. The van der Waals surface area contributed by atoms with Gasteiger partial charge in [-0.25, -0.2) is 4.79 Å². The van der Waals surface area contributed by atoms with E-state index in [2.05, 4.69) is 26.2 Å². The molecule has 0 aromatic rings. The molecule has 1 unspecified atom stereocenters. The zero-order valence-electron chi connectivity index (χ0n) is 10.4. The molecule has 5 heteroatoms. The number of esters is 1. The van der Waals surface area contributed by atoms with Gasteiger partial charge in [-0.1, -0.05) is 33.1 Å². The van der Waals surface area contributed by atoms with E-state index in [1.807, 2.05) is 6.92 Å². The Balaban J connectivity index is 4.08. The summed E-state index contributed by atoms with van der Waals surface area (Å²) in [6.45, 7) is 12.3. The van der Waals surface area contributed by atoms with Crippen molar-refractivity contribution in [3.05, 3.63) is 12.2 Å². The summed E-state index contributed by atoms with van der Waals surface area (Å²) < 4.78 is 5.03. The monoisotopic (exact) mass is 244 g/mol. The predicted octanol–water partition coefficient (Wildman–Crippen LogP) is 2.29. The highest BCUT2D eigenvalue weighted by molar-refractivity contribution is 6.77. The van der Waals surface area contributed by atoms with E-state index in [0.717, 1.165) is 0 Å². The number of carbonyl (C=O) groups is 2. The van der Waals surface area contributed by atoms with Crippen molar-refractivity contribution >= 4 is 20.0 Å². The molecule has 0 fully saturated rings. The molecular formula is C11H20O4Si. The lowest BCUT2D eigenvalue weighted by molar-refractivity contribution is -0.142. The molecule has 0 bridgehead atoms. The van der Waals surface area contributed by atoms with E-state index >= 15 is 0 Å². The van der Waals surface area contributed by atoms with Crippen LogP contribution in [-0.2, 0) is 14.3 Å². The fourth-order valence-electron chi connectivity index (χ4n) is 0.807. The Morgan fingerprint density at radius 2 is 1.88 bits per heavy atom. The van der Waals surface area contributed by atoms with Crippen molar-refractivity contribution in [3.8, 4) is 0 Å². The minimum atomic E-state index is -1.32. The molecule has 0 aliphatic carbocycles. The molecule has 16 heavy (non-hydrogen) atoms. The predicted molar refractivity (Wildman–Crippen MR) is 65.1 cm³/mol. The molecule has 0 saturated heterocycles. The number of rotatable bonds is 6. The summed E-state index contributed by atoms with van der Waals surface area (Å²) in [7, 11) is -1.32. The molecule has 1 atom stereocenters. The molecule has 0 aliphatic rings. The molecular weight excluding hydrogens is 224 g/mol. The Morgan fingerprint density at radius 1 is 1.38 bits per heavy atom. The average molecular weight is 244 g/mol. The van der Waals surface area contributed by atoms with Crippen LogP contribution >= 0.6 is 0 Å². The first-order valence-corrected chi connectivity index (χ1v) is 8.79. The Kier molecular flexibility index (Phi) is 5.44. The second-order valence-electron chi connectivity index (χ2n) is 5.04. The molecule has 0 rings (SSSR count). The van der Waals surface area contributed by atoms with Gasteiger partial charge >= 0.3 is 11.9 Å². The van der Waals surface area contributed by atoms with Gasteiger partial charge < -0.3 is 9.84 Å². The van der Waals surface area contributed by atoms with Crippen LogP contribution in [0.25, 0.3) is 0 Å². The van der Waals surface area contributed by atoms with E-state index in [-0.39, 0.29) is 12.0 Å². The second-order valence-corrected chi connectivity index (χ2v) is 10.8. The first-order valence-electron chi connectivity index (χ1n) is 5.21. The molecule has 4 nitrogen and oxygen atoms in total. The standard InChI is InChI=1S/C11H20O4Si/c1-8(6-10(12)13)11(14)15-7-9(2)16(3,4)5/h9H,1,6-7H2,2-5H3,(H,12,13). The van der Waals surface area contributed by atoms with E-state index in [9.17, 15) is 9.59 Å². The lowest BCUT2D eigenvalue weighted by atomic mass is 10.2. The van der Waals surface area contributed by atoms with E-state index in [1.54, 1.807) is 0 Å². The molecule has 0 aliphatic heterocycles. The van der Waals surface area contributed by atoms with Crippen LogP contribution in [0, 0.1) is 0 Å². The van der Waals surface area contributed by atoms with Gasteiger partial charge in [-0.3, -0.25) is 4.79 Å². The van der Waals surface area contributed by atoms with Gasteiger partial charge in [-0.05, 0) is 5.54 Å². The van der Waals surface area contributed by atoms with Crippen LogP contribution in [0.5, 0.6) is 0 Å². The lowest BCUT2D eigenvalue weighted by Crippen LogP contribution is -2.30. The van der Waals surface area contributed by atoms with Gasteiger partial charge in [-0.15, -0.1) is 0 Å². The van der Waals surface area contributed by atoms with Crippen molar-refractivity contribution in [1.29, 1.82) is 0 Å². The molecule has 0 aromatic carbocycles. The fourth-order valence-corrected chi connectivity index (χ4v) is 1.39. The van der Waals surface area contributed by atoms with Crippen LogP contribution in [0.15, 0.2) is 12.2 Å². The van der Waals surface area contributed by atoms with Crippen LogP contribution in [0.1, 0.15) is 13.3 Å². The second kappa shape index (κ2) is 5.84. The number of hydrogen-bond donors (Lipinski definition) is 1. The van der Waals surface area contributed by atoms with Crippen molar-refractivity contribution in [2.24, 2.45) is 0 Å². The summed E-state index contributed by atoms with van der Waals surface area (Å²) in [6.07, 6.45) is -0.361. The number of ether oxygens (including phenoxy) is 1. The highest BCUT2D eigenvalue weighted by atomic mass is 28.3. The van der Waals surface area contributed by atoms with E-state index in [0.29, 0.717) is 12.1 Å². The van der Waals surface area contributed by atoms with Crippen molar-refractivity contribution < 1.29 is 19.4 Å². The van der Waals surface area contributed by atoms with Gasteiger partial charge in [0.15, 0.2) is 0 Å². The number of carboxylic acids is 1. The lowest BCUT2D eigenvalue weighted by Gasteiger charge is -2.24. The molecule has 1 N–H and O–H groups in total. The first kappa shape index (κ1) is 14.9. The van der Waals surface area contributed by atoms with Crippen LogP contribution in [0.2, 0.25) is 25.2 Å². The van der Waals surface area contributed by atoms with Crippen molar-refractivity contribution in [1.82, 2.24) is 0 Å². The van der Waals surface area contributed by atoms with E-state index < -0.39 is 20.0 Å². The number of carbonyl (C=O) groups excluding carboxylic acids is 1. The molecule has 0 radical (unpaired) electrons. The number of carboxylic acid groups (broad SMARTS) is 1. The molecule has 0 aromatic heterocycles. The summed E-state index contributed by atoms with van der Waals surface area (Å²) in [6, 6.07) is 0. The third-order valence-electron chi connectivity index (χ3n) is 2.60.